The zero-order valence-corrected chi connectivity index (χ0v) is 11.7. The molecule has 2 rings (SSSR count). The van der Waals surface area contributed by atoms with Crippen LogP contribution in [-0.4, -0.2) is 6.54 Å². The summed E-state index contributed by atoms with van der Waals surface area (Å²) in [7, 11) is 0. The third-order valence-electron chi connectivity index (χ3n) is 3.10. The Morgan fingerprint density at radius 1 is 1.05 bits per heavy atom. The van der Waals surface area contributed by atoms with Gasteiger partial charge in [-0.2, -0.15) is 0 Å². The Morgan fingerprint density at radius 3 is 2.32 bits per heavy atom. The lowest BCUT2D eigenvalue weighted by molar-refractivity contribution is 0.000287. The number of ether oxygens (including phenoxy) is 1. The molecule has 0 heterocycles. The van der Waals surface area contributed by atoms with Crippen LogP contribution in [0.5, 0.6) is 0 Å². The minimum Gasteiger partial charge on any atom is -0.365 e. The first-order valence-corrected chi connectivity index (χ1v) is 6.75. The largest absolute Gasteiger partial charge is 0.365 e. The Balaban J connectivity index is 2.14. The summed E-state index contributed by atoms with van der Waals surface area (Å²) >= 11 is 6.19. The van der Waals surface area contributed by atoms with Crippen molar-refractivity contribution in [2.24, 2.45) is 5.73 Å². The van der Waals surface area contributed by atoms with Crippen LogP contribution in [0.3, 0.4) is 0 Å². The van der Waals surface area contributed by atoms with E-state index < -0.39 is 0 Å². The van der Waals surface area contributed by atoms with Gasteiger partial charge >= 0.3 is 0 Å². The average molecular weight is 276 g/mol. The molecular weight excluding hydrogens is 258 g/mol. The van der Waals surface area contributed by atoms with E-state index in [2.05, 4.69) is 0 Å². The molecular formula is C16H18ClNO. The Morgan fingerprint density at radius 2 is 1.68 bits per heavy atom. The predicted molar refractivity (Wildman–Crippen MR) is 79.2 cm³/mol. The first-order chi connectivity index (χ1) is 9.22. The summed E-state index contributed by atoms with van der Waals surface area (Å²) in [6, 6.07) is 17.7. The number of rotatable bonds is 5. The molecule has 0 amide bonds. The van der Waals surface area contributed by atoms with Gasteiger partial charge in [-0.1, -0.05) is 60.1 Å². The van der Waals surface area contributed by atoms with Gasteiger partial charge in [0.05, 0.1) is 12.2 Å². The molecule has 19 heavy (non-hydrogen) atoms. The second kappa shape index (κ2) is 6.71. The molecule has 0 spiro atoms. The van der Waals surface area contributed by atoms with Gasteiger partial charge in [0.2, 0.25) is 0 Å². The Bertz CT molecular complexity index is 515. The number of hydrogen-bond acceptors (Lipinski definition) is 2. The van der Waals surface area contributed by atoms with Crippen LogP contribution in [0.1, 0.15) is 30.3 Å². The molecule has 0 saturated heterocycles. The zero-order chi connectivity index (χ0) is 13.7. The van der Waals surface area contributed by atoms with E-state index in [1.807, 2.05) is 61.5 Å². The summed E-state index contributed by atoms with van der Waals surface area (Å²) in [6.07, 6.45) is -0.213. The molecule has 0 aliphatic carbocycles. The van der Waals surface area contributed by atoms with Gasteiger partial charge in [0.15, 0.2) is 0 Å². The van der Waals surface area contributed by atoms with E-state index in [-0.39, 0.29) is 12.2 Å². The highest BCUT2D eigenvalue weighted by molar-refractivity contribution is 6.31. The third kappa shape index (κ3) is 3.57. The van der Waals surface area contributed by atoms with Gasteiger partial charge in [-0.3, -0.25) is 0 Å². The van der Waals surface area contributed by atoms with Crippen molar-refractivity contribution in [3.05, 3.63) is 70.7 Å². The first kappa shape index (κ1) is 14.1. The van der Waals surface area contributed by atoms with Crippen LogP contribution in [-0.2, 0) is 4.74 Å². The van der Waals surface area contributed by atoms with Crippen molar-refractivity contribution in [3.63, 3.8) is 0 Å². The SMILES string of the molecule is CC(OC(CN)c1ccccc1Cl)c1ccccc1. The second-order valence-corrected chi connectivity index (χ2v) is 4.84. The van der Waals surface area contributed by atoms with Crippen molar-refractivity contribution < 1.29 is 4.74 Å². The number of benzene rings is 2. The normalized spacial score (nSPS) is 14.1. The molecule has 100 valence electrons. The van der Waals surface area contributed by atoms with Gasteiger partial charge in [0, 0.05) is 17.1 Å². The zero-order valence-electron chi connectivity index (χ0n) is 10.9. The van der Waals surface area contributed by atoms with Crippen molar-refractivity contribution in [2.75, 3.05) is 6.54 Å². The van der Waals surface area contributed by atoms with Gasteiger partial charge < -0.3 is 10.5 Å². The van der Waals surface area contributed by atoms with E-state index in [9.17, 15) is 0 Å². The minimum atomic E-state index is -0.191. The van der Waals surface area contributed by atoms with Crippen LogP contribution in [0.15, 0.2) is 54.6 Å². The van der Waals surface area contributed by atoms with Gasteiger partial charge in [-0.15, -0.1) is 0 Å². The maximum atomic E-state index is 6.19. The molecule has 0 aliphatic rings. The summed E-state index contributed by atoms with van der Waals surface area (Å²) in [5.74, 6) is 0. The molecule has 2 aromatic carbocycles. The van der Waals surface area contributed by atoms with Crippen LogP contribution in [0.4, 0.5) is 0 Å². The van der Waals surface area contributed by atoms with E-state index in [0.717, 1.165) is 11.1 Å². The van der Waals surface area contributed by atoms with E-state index in [1.54, 1.807) is 0 Å². The molecule has 0 aromatic heterocycles. The van der Waals surface area contributed by atoms with Crippen molar-refractivity contribution in [3.8, 4) is 0 Å². The summed E-state index contributed by atoms with van der Waals surface area (Å²) < 4.78 is 6.04. The Labute approximate surface area is 119 Å². The summed E-state index contributed by atoms with van der Waals surface area (Å²) in [4.78, 5) is 0. The third-order valence-corrected chi connectivity index (χ3v) is 3.45. The fraction of sp³-hybridized carbons (Fsp3) is 0.250. The molecule has 3 heteroatoms. The molecule has 0 aliphatic heterocycles. The Kier molecular flexibility index (Phi) is 4.97. The van der Waals surface area contributed by atoms with Gasteiger partial charge in [0.1, 0.15) is 0 Å². The smallest absolute Gasteiger partial charge is 0.0969 e. The highest BCUT2D eigenvalue weighted by Crippen LogP contribution is 2.29. The van der Waals surface area contributed by atoms with Gasteiger partial charge in [-0.05, 0) is 18.6 Å². The van der Waals surface area contributed by atoms with Crippen molar-refractivity contribution in [1.29, 1.82) is 0 Å². The minimum absolute atomic E-state index is 0.0222. The van der Waals surface area contributed by atoms with Crippen LogP contribution < -0.4 is 5.73 Å². The quantitative estimate of drug-likeness (QED) is 0.891. The molecule has 2 N–H and O–H groups in total. The monoisotopic (exact) mass is 275 g/mol. The molecule has 0 saturated carbocycles. The lowest BCUT2D eigenvalue weighted by Crippen LogP contribution is -2.18. The number of halogens is 1. The fourth-order valence-corrected chi connectivity index (χ4v) is 2.30. The van der Waals surface area contributed by atoms with Crippen molar-refractivity contribution >= 4 is 11.6 Å². The summed E-state index contributed by atoms with van der Waals surface area (Å²) in [6.45, 7) is 2.43. The summed E-state index contributed by atoms with van der Waals surface area (Å²) in [5.41, 5.74) is 7.89. The molecule has 0 bridgehead atoms. The van der Waals surface area contributed by atoms with Gasteiger partial charge in [-0.25, -0.2) is 0 Å². The molecule has 2 unspecified atom stereocenters. The predicted octanol–water partition coefficient (Wildman–Crippen LogP) is 4.12. The molecule has 0 radical (unpaired) electrons. The van der Waals surface area contributed by atoms with E-state index >= 15 is 0 Å². The highest BCUT2D eigenvalue weighted by atomic mass is 35.5. The van der Waals surface area contributed by atoms with Crippen molar-refractivity contribution in [2.45, 2.75) is 19.1 Å². The second-order valence-electron chi connectivity index (χ2n) is 4.43. The summed E-state index contributed by atoms with van der Waals surface area (Å²) in [5, 5.41) is 0.693. The van der Waals surface area contributed by atoms with Crippen LogP contribution in [0, 0.1) is 0 Å². The van der Waals surface area contributed by atoms with E-state index in [4.69, 9.17) is 22.1 Å². The topological polar surface area (TPSA) is 35.2 Å². The molecule has 2 nitrogen and oxygen atoms in total. The molecule has 0 fully saturated rings. The number of hydrogen-bond donors (Lipinski definition) is 1. The number of nitrogens with two attached hydrogens (primary N) is 1. The van der Waals surface area contributed by atoms with Gasteiger partial charge in [0.25, 0.3) is 0 Å². The lowest BCUT2D eigenvalue weighted by Gasteiger charge is -2.22. The van der Waals surface area contributed by atoms with E-state index in [0.29, 0.717) is 11.6 Å². The molecule has 2 atom stereocenters. The van der Waals surface area contributed by atoms with Crippen LogP contribution in [0.25, 0.3) is 0 Å². The van der Waals surface area contributed by atoms with Crippen molar-refractivity contribution in [1.82, 2.24) is 0 Å². The van der Waals surface area contributed by atoms with Crippen LogP contribution in [0.2, 0.25) is 5.02 Å². The fourth-order valence-electron chi connectivity index (χ4n) is 2.04. The lowest BCUT2D eigenvalue weighted by atomic mass is 10.1. The average Bonchev–Trinajstić information content (AvgIpc) is 2.46. The maximum absolute atomic E-state index is 6.19. The maximum Gasteiger partial charge on any atom is 0.0969 e. The van der Waals surface area contributed by atoms with E-state index in [1.165, 1.54) is 0 Å². The Hall–Kier alpha value is -1.35. The highest BCUT2D eigenvalue weighted by Gasteiger charge is 2.17. The first-order valence-electron chi connectivity index (χ1n) is 6.37. The molecule has 2 aromatic rings. The standard InChI is InChI=1S/C16H18ClNO/c1-12(13-7-3-2-4-8-13)19-16(11-18)14-9-5-6-10-15(14)17/h2-10,12,16H,11,18H2,1H3. The van der Waals surface area contributed by atoms with Crippen LogP contribution >= 0.6 is 11.6 Å².